The van der Waals surface area contributed by atoms with Crippen LogP contribution in [0.3, 0.4) is 0 Å². The predicted molar refractivity (Wildman–Crippen MR) is 90.0 cm³/mol. The van der Waals surface area contributed by atoms with Crippen LogP contribution in [0, 0.1) is 11.3 Å². The minimum absolute atomic E-state index is 0.305. The molecule has 118 valence electrons. The van der Waals surface area contributed by atoms with Crippen molar-refractivity contribution < 1.29 is 0 Å². The molecule has 0 bridgehead atoms. The fourth-order valence-corrected chi connectivity index (χ4v) is 3.44. The smallest absolute Gasteiger partial charge is 0.228 e. The predicted octanol–water partition coefficient (Wildman–Crippen LogP) is 3.65. The van der Waals surface area contributed by atoms with Gasteiger partial charge in [-0.15, -0.1) is 0 Å². The molecule has 2 atom stereocenters. The van der Waals surface area contributed by atoms with Crippen molar-refractivity contribution in [3.63, 3.8) is 0 Å². The lowest BCUT2D eigenvalue weighted by Crippen LogP contribution is -2.25. The van der Waals surface area contributed by atoms with Gasteiger partial charge >= 0.3 is 0 Å². The van der Waals surface area contributed by atoms with Crippen LogP contribution in [0.25, 0.3) is 0 Å². The first-order valence-corrected chi connectivity index (χ1v) is 8.85. The Bertz CT molecular complexity index is 489. The Labute approximate surface area is 132 Å². The van der Waals surface area contributed by atoms with E-state index < -0.39 is 0 Å². The molecule has 0 radical (unpaired) electrons. The van der Waals surface area contributed by atoms with Crippen molar-refractivity contribution in [2.45, 2.75) is 64.7 Å². The summed E-state index contributed by atoms with van der Waals surface area (Å²) < 4.78 is 0. The fourth-order valence-electron chi connectivity index (χ4n) is 3.09. The molecule has 21 heavy (non-hydrogen) atoms. The number of nitrogens with zero attached hydrogens (tertiary/aromatic N) is 3. The molecule has 1 aromatic rings. The maximum atomic E-state index is 4.51. The normalized spacial score (nSPS) is 24.3. The number of hydrogen-bond acceptors (Lipinski definition) is 6. The van der Waals surface area contributed by atoms with Crippen molar-refractivity contribution in [1.29, 1.82) is 0 Å². The summed E-state index contributed by atoms with van der Waals surface area (Å²) in [6.07, 6.45) is 4.38. The molecule has 6 heteroatoms. The molecule has 0 aliphatic heterocycles. The van der Waals surface area contributed by atoms with Gasteiger partial charge in [-0.05, 0) is 44.3 Å². The Morgan fingerprint density at radius 2 is 1.81 bits per heavy atom. The number of anilines is 2. The molecule has 1 aliphatic rings. The molecule has 1 heterocycles. The second-order valence-corrected chi connectivity index (χ2v) is 7.84. The Kier molecular flexibility index (Phi) is 4.96. The van der Waals surface area contributed by atoms with Gasteiger partial charge < -0.3 is 10.6 Å². The van der Waals surface area contributed by atoms with E-state index in [4.69, 9.17) is 0 Å². The zero-order chi connectivity index (χ0) is 15.6. The second-order valence-electron chi connectivity index (χ2n) is 7.07. The van der Waals surface area contributed by atoms with Crippen LogP contribution in [0.15, 0.2) is 5.16 Å². The summed E-state index contributed by atoms with van der Waals surface area (Å²) in [6, 6.07) is 0.739. The quantitative estimate of drug-likeness (QED) is 0.810. The molecule has 2 N–H and O–H groups in total. The number of thioether (sulfide) groups is 1. The molecule has 0 amide bonds. The first-order chi connectivity index (χ1) is 9.79. The lowest BCUT2D eigenvalue weighted by molar-refractivity contribution is 0.366. The molecule has 1 fully saturated rings. The van der Waals surface area contributed by atoms with Gasteiger partial charge in [0, 0.05) is 12.1 Å². The van der Waals surface area contributed by atoms with Crippen LogP contribution in [0.5, 0.6) is 0 Å². The average Bonchev–Trinajstić information content (AvgIpc) is 2.60. The highest BCUT2D eigenvalue weighted by atomic mass is 32.2. The third-order valence-electron chi connectivity index (χ3n) is 3.86. The molecule has 0 spiro atoms. The van der Waals surface area contributed by atoms with Crippen LogP contribution < -0.4 is 10.6 Å². The zero-order valence-corrected chi connectivity index (χ0v) is 14.7. The van der Waals surface area contributed by atoms with E-state index >= 15 is 0 Å². The maximum Gasteiger partial charge on any atom is 0.228 e. The van der Waals surface area contributed by atoms with E-state index in [0.717, 1.165) is 11.6 Å². The van der Waals surface area contributed by atoms with Crippen LogP contribution in [-0.2, 0) is 0 Å². The van der Waals surface area contributed by atoms with Crippen molar-refractivity contribution in [1.82, 2.24) is 15.0 Å². The van der Waals surface area contributed by atoms with E-state index in [1.165, 1.54) is 6.42 Å². The summed E-state index contributed by atoms with van der Waals surface area (Å²) in [4.78, 5) is 13.4. The first-order valence-electron chi connectivity index (χ1n) is 7.62. The summed E-state index contributed by atoms with van der Waals surface area (Å²) in [5, 5.41) is 7.53. The molecular weight excluding hydrogens is 282 g/mol. The summed E-state index contributed by atoms with van der Waals surface area (Å²) in [6.45, 7) is 11.1. The average molecular weight is 309 g/mol. The van der Waals surface area contributed by atoms with Gasteiger partial charge in [-0.3, -0.25) is 0 Å². The van der Waals surface area contributed by atoms with E-state index in [1.54, 1.807) is 11.8 Å². The van der Waals surface area contributed by atoms with Gasteiger partial charge in [0.05, 0.1) is 0 Å². The third-order valence-corrected chi connectivity index (χ3v) is 4.41. The van der Waals surface area contributed by atoms with Crippen LogP contribution >= 0.6 is 11.8 Å². The Morgan fingerprint density at radius 1 is 1.14 bits per heavy atom. The van der Waals surface area contributed by atoms with Crippen LogP contribution in [0.1, 0.15) is 47.5 Å². The zero-order valence-electron chi connectivity index (χ0n) is 13.9. The fraction of sp³-hybridized carbons (Fsp3) is 0.800. The number of nitrogens with one attached hydrogen (secondary N) is 2. The Balaban J connectivity index is 2.15. The molecule has 2 unspecified atom stereocenters. The van der Waals surface area contributed by atoms with Gasteiger partial charge in [0.25, 0.3) is 0 Å². The maximum absolute atomic E-state index is 4.51. The van der Waals surface area contributed by atoms with Crippen molar-refractivity contribution in [3.05, 3.63) is 0 Å². The minimum Gasteiger partial charge on any atom is -0.352 e. The largest absolute Gasteiger partial charge is 0.352 e. The minimum atomic E-state index is 0.305. The van der Waals surface area contributed by atoms with Crippen LogP contribution in [0.2, 0.25) is 0 Å². The van der Waals surface area contributed by atoms with E-state index in [2.05, 4.69) is 60.2 Å². The molecule has 1 aromatic heterocycles. The van der Waals surface area contributed by atoms with Crippen LogP contribution in [-0.4, -0.2) is 33.3 Å². The molecule has 5 nitrogen and oxygen atoms in total. The lowest BCUT2D eigenvalue weighted by atomic mass is 9.91. The van der Waals surface area contributed by atoms with Gasteiger partial charge in [-0.2, -0.15) is 15.0 Å². The molecule has 1 saturated carbocycles. The van der Waals surface area contributed by atoms with E-state index in [9.17, 15) is 0 Å². The van der Waals surface area contributed by atoms with E-state index in [1.807, 2.05) is 6.26 Å². The summed E-state index contributed by atoms with van der Waals surface area (Å²) in [5.74, 6) is 1.97. The highest BCUT2D eigenvalue weighted by molar-refractivity contribution is 7.98. The molecule has 0 saturated heterocycles. The molecular formula is C15H27N5S. The van der Waals surface area contributed by atoms with Gasteiger partial charge in [0.15, 0.2) is 5.16 Å². The SMILES string of the molecule is CSc1nc(NC(C)C)nc(NC2CC(C)(C)CC2C)n1. The van der Waals surface area contributed by atoms with Crippen molar-refractivity contribution >= 4 is 23.7 Å². The van der Waals surface area contributed by atoms with Crippen molar-refractivity contribution in [2.75, 3.05) is 16.9 Å². The lowest BCUT2D eigenvalue weighted by Gasteiger charge is -2.19. The van der Waals surface area contributed by atoms with Gasteiger partial charge in [0.2, 0.25) is 11.9 Å². The van der Waals surface area contributed by atoms with Gasteiger partial charge in [0.1, 0.15) is 0 Å². The Hall–Kier alpha value is -1.04. The van der Waals surface area contributed by atoms with Gasteiger partial charge in [-0.1, -0.05) is 32.5 Å². The molecule has 0 aromatic carbocycles. The summed E-state index contributed by atoms with van der Waals surface area (Å²) >= 11 is 1.54. The summed E-state index contributed by atoms with van der Waals surface area (Å²) in [5.41, 5.74) is 0.394. The summed E-state index contributed by atoms with van der Waals surface area (Å²) in [7, 11) is 0. The van der Waals surface area contributed by atoms with Crippen molar-refractivity contribution in [3.8, 4) is 0 Å². The van der Waals surface area contributed by atoms with E-state index in [-0.39, 0.29) is 0 Å². The number of rotatable bonds is 5. The molecule has 2 rings (SSSR count). The third kappa shape index (κ3) is 4.46. The standard InChI is InChI=1S/C15H27N5S/c1-9(2)16-12-18-13(20-14(19-12)21-6)17-11-8-15(4,5)7-10(11)3/h9-11H,7-8H2,1-6H3,(H2,16,17,18,19,20). The van der Waals surface area contributed by atoms with E-state index in [0.29, 0.717) is 35.3 Å². The monoisotopic (exact) mass is 309 g/mol. The van der Waals surface area contributed by atoms with Crippen LogP contribution in [0.4, 0.5) is 11.9 Å². The molecule has 1 aliphatic carbocycles. The van der Waals surface area contributed by atoms with Crippen molar-refractivity contribution in [2.24, 2.45) is 11.3 Å². The Morgan fingerprint density at radius 3 is 2.33 bits per heavy atom. The number of hydrogen-bond donors (Lipinski definition) is 2. The highest BCUT2D eigenvalue weighted by Gasteiger charge is 2.37. The first kappa shape index (κ1) is 16.3. The number of aromatic nitrogens is 3. The topological polar surface area (TPSA) is 62.7 Å². The highest BCUT2D eigenvalue weighted by Crippen LogP contribution is 2.41. The second kappa shape index (κ2) is 6.38. The van der Waals surface area contributed by atoms with Gasteiger partial charge in [-0.25, -0.2) is 0 Å².